The molecule has 1 atom stereocenters. The van der Waals surface area contributed by atoms with Crippen LogP contribution >= 0.6 is 0 Å². The molecule has 1 saturated heterocycles. The first-order valence-corrected chi connectivity index (χ1v) is 8.99. The van der Waals surface area contributed by atoms with Gasteiger partial charge in [0.15, 0.2) is 0 Å². The van der Waals surface area contributed by atoms with Gasteiger partial charge < -0.3 is 9.64 Å². The Morgan fingerprint density at radius 2 is 2.12 bits per heavy atom. The van der Waals surface area contributed by atoms with Gasteiger partial charge in [0.25, 0.3) is 0 Å². The Hall–Kier alpha value is -2.70. The van der Waals surface area contributed by atoms with Crippen molar-refractivity contribution in [1.29, 1.82) is 0 Å². The van der Waals surface area contributed by atoms with Crippen molar-refractivity contribution < 1.29 is 14.3 Å². The van der Waals surface area contributed by atoms with Crippen LogP contribution in [0, 0.1) is 5.92 Å². The van der Waals surface area contributed by atoms with Gasteiger partial charge in [0, 0.05) is 24.9 Å². The van der Waals surface area contributed by atoms with E-state index in [4.69, 9.17) is 4.74 Å². The van der Waals surface area contributed by atoms with Crippen molar-refractivity contribution >= 4 is 22.8 Å². The molecule has 1 aliphatic rings. The number of piperidine rings is 1. The number of ether oxygens (including phenoxy) is 1. The minimum Gasteiger partial charge on any atom is -0.466 e. The van der Waals surface area contributed by atoms with Crippen molar-refractivity contribution in [3.63, 3.8) is 0 Å². The van der Waals surface area contributed by atoms with Crippen LogP contribution in [0.4, 0.5) is 0 Å². The number of esters is 1. The van der Waals surface area contributed by atoms with Crippen LogP contribution in [-0.2, 0) is 20.9 Å². The van der Waals surface area contributed by atoms with Crippen LogP contribution in [0.1, 0.15) is 26.2 Å². The predicted molar refractivity (Wildman–Crippen MR) is 96.6 cm³/mol. The number of carbonyl (C=O) groups is 2. The van der Waals surface area contributed by atoms with Crippen molar-refractivity contribution in [2.24, 2.45) is 5.92 Å². The van der Waals surface area contributed by atoms with Gasteiger partial charge in [-0.3, -0.25) is 19.1 Å². The SMILES string of the molecule is CCOC(=O)C1CCCN(C(=O)CCn2ncc(=O)c3ccccc32)C1. The minimum absolute atomic E-state index is 0.0106. The van der Waals surface area contributed by atoms with Crippen molar-refractivity contribution in [1.82, 2.24) is 14.7 Å². The number of hydrogen-bond acceptors (Lipinski definition) is 5. The monoisotopic (exact) mass is 357 g/mol. The highest BCUT2D eigenvalue weighted by Gasteiger charge is 2.29. The number of hydrogen-bond donors (Lipinski definition) is 0. The van der Waals surface area contributed by atoms with Gasteiger partial charge in [-0.05, 0) is 31.9 Å². The largest absolute Gasteiger partial charge is 0.466 e. The lowest BCUT2D eigenvalue weighted by molar-refractivity contribution is -0.151. The second kappa shape index (κ2) is 8.12. The van der Waals surface area contributed by atoms with Gasteiger partial charge in [-0.25, -0.2) is 0 Å². The highest BCUT2D eigenvalue weighted by molar-refractivity contribution is 5.80. The number of fused-ring (bicyclic) bond motifs is 1. The Kier molecular flexibility index (Phi) is 5.65. The van der Waals surface area contributed by atoms with Crippen molar-refractivity contribution in [3.05, 3.63) is 40.7 Å². The van der Waals surface area contributed by atoms with E-state index in [2.05, 4.69) is 5.10 Å². The molecule has 0 aliphatic carbocycles. The molecule has 1 aromatic carbocycles. The van der Waals surface area contributed by atoms with Gasteiger partial charge in [0.2, 0.25) is 11.3 Å². The van der Waals surface area contributed by atoms with Crippen molar-refractivity contribution in [2.75, 3.05) is 19.7 Å². The first-order valence-electron chi connectivity index (χ1n) is 8.99. The molecule has 7 nitrogen and oxygen atoms in total. The average Bonchev–Trinajstić information content (AvgIpc) is 2.68. The fourth-order valence-electron chi connectivity index (χ4n) is 3.35. The van der Waals surface area contributed by atoms with E-state index < -0.39 is 0 Å². The lowest BCUT2D eigenvalue weighted by atomic mass is 9.98. The zero-order valence-electron chi connectivity index (χ0n) is 14.9. The molecule has 3 rings (SSSR count). The number of benzene rings is 1. The predicted octanol–water partition coefficient (Wildman–Crippen LogP) is 1.59. The van der Waals surface area contributed by atoms with E-state index in [1.165, 1.54) is 6.20 Å². The summed E-state index contributed by atoms with van der Waals surface area (Å²) in [6, 6.07) is 7.23. The Labute approximate surface area is 151 Å². The number of amides is 1. The van der Waals surface area contributed by atoms with Gasteiger partial charge in [0.1, 0.15) is 0 Å². The zero-order chi connectivity index (χ0) is 18.5. The van der Waals surface area contributed by atoms with Crippen LogP contribution < -0.4 is 5.43 Å². The molecule has 1 aliphatic heterocycles. The summed E-state index contributed by atoms with van der Waals surface area (Å²) >= 11 is 0. The highest BCUT2D eigenvalue weighted by Crippen LogP contribution is 2.19. The zero-order valence-corrected chi connectivity index (χ0v) is 14.9. The van der Waals surface area contributed by atoms with E-state index in [1.807, 2.05) is 18.2 Å². The Balaban J connectivity index is 1.65. The molecule has 0 N–H and O–H groups in total. The maximum Gasteiger partial charge on any atom is 0.310 e. The van der Waals surface area contributed by atoms with Crippen molar-refractivity contribution in [3.8, 4) is 0 Å². The van der Waals surface area contributed by atoms with E-state index in [0.29, 0.717) is 31.6 Å². The van der Waals surface area contributed by atoms with Gasteiger partial charge in [-0.15, -0.1) is 0 Å². The summed E-state index contributed by atoms with van der Waals surface area (Å²) in [4.78, 5) is 38.1. The topological polar surface area (TPSA) is 81.5 Å². The molecule has 26 heavy (non-hydrogen) atoms. The van der Waals surface area contributed by atoms with Crippen LogP contribution in [-0.4, -0.2) is 46.3 Å². The molecule has 1 amide bonds. The fraction of sp³-hybridized carbons (Fsp3) is 0.474. The first kappa shape index (κ1) is 18.1. The summed E-state index contributed by atoms with van der Waals surface area (Å²) < 4.78 is 6.76. The number of likely N-dealkylation sites (tertiary alicyclic amines) is 1. The normalized spacial score (nSPS) is 17.3. The summed E-state index contributed by atoms with van der Waals surface area (Å²) in [6.45, 7) is 3.60. The number of aryl methyl sites for hydroxylation is 1. The van der Waals surface area contributed by atoms with Gasteiger partial charge >= 0.3 is 5.97 Å². The Morgan fingerprint density at radius 1 is 1.31 bits per heavy atom. The third kappa shape index (κ3) is 3.92. The third-order valence-electron chi connectivity index (χ3n) is 4.69. The summed E-state index contributed by atoms with van der Waals surface area (Å²) in [5.41, 5.74) is 0.590. The maximum atomic E-state index is 12.6. The molecule has 7 heteroatoms. The molecule has 1 fully saturated rings. The summed E-state index contributed by atoms with van der Waals surface area (Å²) in [5.74, 6) is -0.472. The molecule has 1 unspecified atom stereocenters. The lowest BCUT2D eigenvalue weighted by Gasteiger charge is -2.31. The molecule has 2 heterocycles. The van der Waals surface area contributed by atoms with Gasteiger partial charge in [-0.2, -0.15) is 5.10 Å². The lowest BCUT2D eigenvalue weighted by Crippen LogP contribution is -2.43. The fourth-order valence-corrected chi connectivity index (χ4v) is 3.35. The Morgan fingerprint density at radius 3 is 2.92 bits per heavy atom. The standard InChI is InChI=1S/C19H23N3O4/c1-2-26-19(25)14-6-5-10-21(13-14)18(24)9-11-22-16-8-4-3-7-15(16)17(23)12-20-22/h3-4,7-8,12,14H,2,5-6,9-11,13H2,1H3. The number of nitrogens with zero attached hydrogens (tertiary/aromatic N) is 3. The van der Waals surface area contributed by atoms with Crippen LogP contribution in [0.3, 0.4) is 0 Å². The van der Waals surface area contributed by atoms with E-state index in [0.717, 1.165) is 18.4 Å². The third-order valence-corrected chi connectivity index (χ3v) is 4.69. The smallest absolute Gasteiger partial charge is 0.310 e. The molecule has 0 saturated carbocycles. The van der Waals surface area contributed by atoms with Crippen molar-refractivity contribution in [2.45, 2.75) is 32.7 Å². The molecule has 1 aromatic heterocycles. The van der Waals surface area contributed by atoms with E-state index in [9.17, 15) is 14.4 Å². The number of para-hydroxylation sites is 1. The second-order valence-corrected chi connectivity index (χ2v) is 6.43. The first-order chi connectivity index (χ1) is 12.6. The summed E-state index contributed by atoms with van der Waals surface area (Å²) in [5, 5.41) is 4.74. The molecular formula is C19H23N3O4. The number of aromatic nitrogens is 2. The number of rotatable bonds is 5. The molecule has 0 bridgehead atoms. The highest BCUT2D eigenvalue weighted by atomic mass is 16.5. The molecule has 0 spiro atoms. The molecule has 0 radical (unpaired) electrons. The van der Waals surface area contributed by atoms with E-state index >= 15 is 0 Å². The van der Waals surface area contributed by atoms with Gasteiger partial charge in [0.05, 0.1) is 30.8 Å². The second-order valence-electron chi connectivity index (χ2n) is 6.43. The van der Waals surface area contributed by atoms with Gasteiger partial charge in [-0.1, -0.05) is 12.1 Å². The average molecular weight is 357 g/mol. The van der Waals surface area contributed by atoms with E-state index in [-0.39, 0.29) is 29.6 Å². The quantitative estimate of drug-likeness (QED) is 0.759. The molecule has 2 aromatic rings. The molecular weight excluding hydrogens is 334 g/mol. The van der Waals surface area contributed by atoms with Crippen LogP contribution in [0.2, 0.25) is 0 Å². The van der Waals surface area contributed by atoms with Crippen LogP contribution in [0.15, 0.2) is 35.3 Å². The van der Waals surface area contributed by atoms with Crippen LogP contribution in [0.5, 0.6) is 0 Å². The van der Waals surface area contributed by atoms with Crippen LogP contribution in [0.25, 0.3) is 10.9 Å². The Bertz CT molecular complexity index is 861. The summed E-state index contributed by atoms with van der Waals surface area (Å²) in [6.07, 6.45) is 3.11. The minimum atomic E-state index is -0.237. The van der Waals surface area contributed by atoms with E-state index in [1.54, 1.807) is 22.6 Å². The maximum absolute atomic E-state index is 12.6. The summed E-state index contributed by atoms with van der Waals surface area (Å²) in [7, 11) is 0. The number of carbonyl (C=O) groups excluding carboxylic acids is 2. The molecule has 138 valence electrons.